The number of fused-ring (bicyclic) bond motifs is 1. The van der Waals surface area contributed by atoms with Crippen LogP contribution in [-0.2, 0) is 6.42 Å². The summed E-state index contributed by atoms with van der Waals surface area (Å²) >= 11 is 0. The Balaban J connectivity index is 2.47. The van der Waals surface area contributed by atoms with Crippen molar-refractivity contribution in [1.82, 2.24) is 0 Å². The van der Waals surface area contributed by atoms with E-state index in [1.165, 1.54) is 0 Å². The molecule has 1 aliphatic rings. The van der Waals surface area contributed by atoms with E-state index in [2.05, 4.69) is 0 Å². The van der Waals surface area contributed by atoms with Crippen molar-refractivity contribution in [3.63, 3.8) is 0 Å². The summed E-state index contributed by atoms with van der Waals surface area (Å²) in [5.41, 5.74) is 2.09. The van der Waals surface area contributed by atoms with Gasteiger partial charge in [0.25, 0.3) is 0 Å². The van der Waals surface area contributed by atoms with Crippen molar-refractivity contribution in [1.29, 1.82) is 0 Å². The molecule has 0 radical (unpaired) electrons. The van der Waals surface area contributed by atoms with Gasteiger partial charge in [-0.25, -0.2) is 4.79 Å². The Morgan fingerprint density at radius 3 is 2.92 bits per heavy atom. The number of benzene rings is 1. The number of carboxylic acid groups (broad SMARTS) is 1. The first-order valence-corrected chi connectivity index (χ1v) is 4.22. The number of hydrogen-bond donors (Lipinski definition) is 2. The maximum Gasteiger partial charge on any atom is 0.335 e. The standard InChI is InChI=1S/C10H10O3/c11-9-4-3-6-1-2-7(10(12)13)5-8(6)9/h1-2,5,9,11H,3-4H2,(H,12,13)/t9-/m0/s1. The smallest absolute Gasteiger partial charge is 0.335 e. The van der Waals surface area contributed by atoms with Gasteiger partial charge in [0.2, 0.25) is 0 Å². The Morgan fingerprint density at radius 2 is 2.23 bits per heavy atom. The summed E-state index contributed by atoms with van der Waals surface area (Å²) in [4.78, 5) is 10.6. The van der Waals surface area contributed by atoms with Crippen LogP contribution in [0.3, 0.4) is 0 Å². The van der Waals surface area contributed by atoms with Crippen LogP contribution in [0, 0.1) is 0 Å². The number of carboxylic acids is 1. The van der Waals surface area contributed by atoms with Crippen LogP contribution < -0.4 is 0 Å². The molecule has 68 valence electrons. The van der Waals surface area contributed by atoms with Crippen LogP contribution >= 0.6 is 0 Å². The van der Waals surface area contributed by atoms with E-state index < -0.39 is 12.1 Å². The van der Waals surface area contributed by atoms with Crippen molar-refractivity contribution >= 4 is 5.97 Å². The van der Waals surface area contributed by atoms with Crippen molar-refractivity contribution < 1.29 is 15.0 Å². The number of rotatable bonds is 1. The number of hydrogen-bond acceptors (Lipinski definition) is 2. The highest BCUT2D eigenvalue weighted by Gasteiger charge is 2.21. The third kappa shape index (κ3) is 1.31. The lowest BCUT2D eigenvalue weighted by molar-refractivity contribution is 0.0696. The van der Waals surface area contributed by atoms with Crippen molar-refractivity contribution in [3.05, 3.63) is 34.9 Å². The molecule has 1 aromatic rings. The summed E-state index contributed by atoms with van der Waals surface area (Å²) in [5, 5.41) is 18.2. The lowest BCUT2D eigenvalue weighted by Gasteiger charge is -2.04. The van der Waals surface area contributed by atoms with E-state index in [0.29, 0.717) is 6.42 Å². The number of aromatic carboxylic acids is 1. The minimum Gasteiger partial charge on any atom is -0.478 e. The van der Waals surface area contributed by atoms with Gasteiger partial charge in [0, 0.05) is 0 Å². The van der Waals surface area contributed by atoms with E-state index in [1.54, 1.807) is 18.2 Å². The zero-order valence-corrected chi connectivity index (χ0v) is 7.03. The van der Waals surface area contributed by atoms with E-state index in [4.69, 9.17) is 5.11 Å². The number of aliphatic hydroxyl groups excluding tert-OH is 1. The fourth-order valence-corrected chi connectivity index (χ4v) is 1.71. The fraction of sp³-hybridized carbons (Fsp3) is 0.300. The predicted molar refractivity (Wildman–Crippen MR) is 46.7 cm³/mol. The lowest BCUT2D eigenvalue weighted by Crippen LogP contribution is -1.99. The van der Waals surface area contributed by atoms with E-state index >= 15 is 0 Å². The zero-order valence-electron chi connectivity index (χ0n) is 7.03. The minimum atomic E-state index is -0.943. The number of aryl methyl sites for hydroxylation is 1. The molecule has 0 aromatic heterocycles. The first-order valence-electron chi connectivity index (χ1n) is 4.22. The van der Waals surface area contributed by atoms with Gasteiger partial charge in [-0.15, -0.1) is 0 Å². The largest absolute Gasteiger partial charge is 0.478 e. The molecule has 0 saturated heterocycles. The molecule has 0 bridgehead atoms. The van der Waals surface area contributed by atoms with Crippen LogP contribution in [0.4, 0.5) is 0 Å². The van der Waals surface area contributed by atoms with Crippen molar-refractivity contribution in [2.75, 3.05) is 0 Å². The zero-order chi connectivity index (χ0) is 9.42. The van der Waals surface area contributed by atoms with E-state index in [1.807, 2.05) is 0 Å². The number of carbonyl (C=O) groups is 1. The van der Waals surface area contributed by atoms with Crippen molar-refractivity contribution in [2.24, 2.45) is 0 Å². The third-order valence-corrected chi connectivity index (χ3v) is 2.44. The molecule has 2 N–H and O–H groups in total. The fourth-order valence-electron chi connectivity index (χ4n) is 1.71. The monoisotopic (exact) mass is 178 g/mol. The highest BCUT2D eigenvalue weighted by Crippen LogP contribution is 2.31. The Bertz CT molecular complexity index is 357. The SMILES string of the molecule is O=C(O)c1ccc2c(c1)[C@@H](O)CC2. The van der Waals surface area contributed by atoms with Crippen LogP contribution in [0.1, 0.15) is 34.0 Å². The molecule has 1 atom stereocenters. The molecule has 0 aliphatic heterocycles. The van der Waals surface area contributed by atoms with E-state index in [0.717, 1.165) is 17.5 Å². The van der Waals surface area contributed by atoms with Crippen LogP contribution in [0.5, 0.6) is 0 Å². The minimum absolute atomic E-state index is 0.250. The molecule has 1 aliphatic carbocycles. The van der Waals surface area contributed by atoms with Crippen LogP contribution in [-0.4, -0.2) is 16.2 Å². The second-order valence-electron chi connectivity index (χ2n) is 3.27. The highest BCUT2D eigenvalue weighted by molar-refractivity contribution is 5.88. The molecule has 0 fully saturated rings. The van der Waals surface area contributed by atoms with Gasteiger partial charge < -0.3 is 10.2 Å². The molecular weight excluding hydrogens is 168 g/mol. The molecule has 0 spiro atoms. The van der Waals surface area contributed by atoms with Gasteiger partial charge in [0.05, 0.1) is 11.7 Å². The van der Waals surface area contributed by atoms with Gasteiger partial charge >= 0.3 is 5.97 Å². The molecule has 0 amide bonds. The molecule has 2 rings (SSSR count). The topological polar surface area (TPSA) is 57.5 Å². The molecule has 13 heavy (non-hydrogen) atoms. The van der Waals surface area contributed by atoms with Crippen LogP contribution in [0.15, 0.2) is 18.2 Å². The van der Waals surface area contributed by atoms with Gasteiger partial charge in [-0.1, -0.05) is 6.07 Å². The molecule has 0 saturated carbocycles. The summed E-state index contributed by atoms with van der Waals surface area (Å²) in [5.74, 6) is -0.943. The molecule has 1 aromatic carbocycles. The van der Waals surface area contributed by atoms with Crippen molar-refractivity contribution in [3.8, 4) is 0 Å². The van der Waals surface area contributed by atoms with E-state index in [-0.39, 0.29) is 5.56 Å². The maximum atomic E-state index is 10.6. The van der Waals surface area contributed by atoms with Crippen LogP contribution in [0.25, 0.3) is 0 Å². The Morgan fingerprint density at radius 1 is 1.46 bits per heavy atom. The summed E-state index contributed by atoms with van der Waals surface area (Å²) < 4.78 is 0. The summed E-state index contributed by atoms with van der Waals surface area (Å²) in [6.45, 7) is 0. The quantitative estimate of drug-likeness (QED) is 0.682. The Labute approximate surface area is 75.6 Å². The predicted octanol–water partition coefficient (Wildman–Crippen LogP) is 1.36. The molecule has 0 heterocycles. The van der Waals surface area contributed by atoms with Gasteiger partial charge in [-0.3, -0.25) is 0 Å². The van der Waals surface area contributed by atoms with Gasteiger partial charge in [0.1, 0.15) is 0 Å². The lowest BCUT2D eigenvalue weighted by atomic mass is 10.1. The second-order valence-corrected chi connectivity index (χ2v) is 3.27. The Hall–Kier alpha value is -1.35. The molecule has 3 nitrogen and oxygen atoms in total. The van der Waals surface area contributed by atoms with Crippen molar-refractivity contribution in [2.45, 2.75) is 18.9 Å². The maximum absolute atomic E-state index is 10.6. The molecular formula is C10H10O3. The molecule has 3 heteroatoms. The van der Waals surface area contributed by atoms with Gasteiger partial charge in [-0.05, 0) is 36.1 Å². The Kier molecular flexibility index (Phi) is 1.81. The highest BCUT2D eigenvalue weighted by atomic mass is 16.4. The normalized spacial score (nSPS) is 19.9. The first-order chi connectivity index (χ1) is 6.18. The van der Waals surface area contributed by atoms with Gasteiger partial charge in [0.15, 0.2) is 0 Å². The average molecular weight is 178 g/mol. The first kappa shape index (κ1) is 8.26. The van der Waals surface area contributed by atoms with Gasteiger partial charge in [-0.2, -0.15) is 0 Å². The summed E-state index contributed by atoms with van der Waals surface area (Å²) in [6.07, 6.45) is 1.07. The van der Waals surface area contributed by atoms with Crippen LogP contribution in [0.2, 0.25) is 0 Å². The summed E-state index contributed by atoms with van der Waals surface area (Å²) in [7, 11) is 0. The van der Waals surface area contributed by atoms with E-state index in [9.17, 15) is 9.90 Å². The summed E-state index contributed by atoms with van der Waals surface area (Å²) in [6, 6.07) is 4.93. The third-order valence-electron chi connectivity index (χ3n) is 2.44. The average Bonchev–Trinajstić information content (AvgIpc) is 2.47. The number of aliphatic hydroxyl groups is 1. The second kappa shape index (κ2) is 2.85. The molecule has 0 unspecified atom stereocenters.